The normalized spacial score (nSPS) is 13.7. The van der Waals surface area contributed by atoms with E-state index in [0.717, 1.165) is 31.9 Å². The number of rotatable bonds is 4. The molecule has 32 heavy (non-hydrogen) atoms. The number of non-ortho nitro benzene ring substituents is 1. The minimum absolute atomic E-state index is 0.0628. The zero-order valence-corrected chi connectivity index (χ0v) is 17.7. The maximum Gasteiger partial charge on any atom is 0.270 e. The Morgan fingerprint density at radius 2 is 1.75 bits per heavy atom. The van der Waals surface area contributed by atoms with Crippen molar-refractivity contribution in [3.8, 4) is 0 Å². The molecule has 4 rings (SSSR count). The van der Waals surface area contributed by atoms with E-state index < -0.39 is 4.92 Å². The maximum absolute atomic E-state index is 12.9. The molecular formula is C22H25N7O3. The fourth-order valence-electron chi connectivity index (χ4n) is 3.24. The molecule has 1 aliphatic rings. The van der Waals surface area contributed by atoms with Crippen molar-refractivity contribution in [3.63, 3.8) is 0 Å². The fraction of sp³-hybridized carbons (Fsp3) is 0.227. The van der Waals surface area contributed by atoms with Crippen LogP contribution in [0.1, 0.15) is 15.9 Å². The Bertz CT molecular complexity index is 1060. The van der Waals surface area contributed by atoms with Gasteiger partial charge in [-0.3, -0.25) is 14.9 Å². The van der Waals surface area contributed by atoms with Crippen molar-refractivity contribution in [3.05, 3.63) is 82.3 Å². The predicted molar refractivity (Wildman–Crippen MR) is 124 cm³/mol. The van der Waals surface area contributed by atoms with E-state index in [9.17, 15) is 14.9 Å². The highest BCUT2D eigenvalue weighted by atomic mass is 16.6. The van der Waals surface area contributed by atoms with Gasteiger partial charge in [-0.2, -0.15) is 0 Å². The topological polar surface area (TPSA) is 145 Å². The van der Waals surface area contributed by atoms with E-state index in [1.54, 1.807) is 30.3 Å². The largest absolute Gasteiger partial charge is 0.394 e. The number of ketones is 1. The molecule has 0 amide bonds. The van der Waals surface area contributed by atoms with Crippen LogP contribution >= 0.6 is 0 Å². The van der Waals surface area contributed by atoms with Crippen LogP contribution in [0.15, 0.2) is 61.1 Å². The van der Waals surface area contributed by atoms with Crippen molar-refractivity contribution >= 4 is 28.7 Å². The number of carbonyl (C=O) groups excluding carboxylic acids is 1. The molecule has 2 aromatic carbocycles. The van der Waals surface area contributed by atoms with Gasteiger partial charge in [0.15, 0.2) is 5.78 Å². The Morgan fingerprint density at radius 3 is 2.31 bits per heavy atom. The van der Waals surface area contributed by atoms with E-state index in [1.807, 2.05) is 6.07 Å². The number of nitrogens with two attached hydrogens (primary N) is 2. The molecule has 0 aliphatic carbocycles. The molecule has 1 aromatic heterocycles. The third-order valence-corrected chi connectivity index (χ3v) is 5.09. The summed E-state index contributed by atoms with van der Waals surface area (Å²) in [5.74, 6) is 0.147. The Morgan fingerprint density at radius 1 is 1.06 bits per heavy atom. The summed E-state index contributed by atoms with van der Waals surface area (Å²) in [6, 6.07) is 13.4. The van der Waals surface area contributed by atoms with Crippen LogP contribution in [0, 0.1) is 10.1 Å². The SMILES string of the molecule is CN1CCN(c2ccc([N+](=O)[O-])cc2C(=O)c2ccccc2)CC1.Nc1cncnc1N. The Labute approximate surface area is 185 Å². The summed E-state index contributed by atoms with van der Waals surface area (Å²) in [6.07, 6.45) is 2.81. The number of carbonyl (C=O) groups is 1. The molecule has 0 bridgehead atoms. The second-order valence-electron chi connectivity index (χ2n) is 7.31. The summed E-state index contributed by atoms with van der Waals surface area (Å²) in [5.41, 5.74) is 12.6. The average Bonchev–Trinajstić information content (AvgIpc) is 2.81. The molecule has 10 heteroatoms. The number of hydrogen-bond acceptors (Lipinski definition) is 9. The van der Waals surface area contributed by atoms with Gasteiger partial charge in [-0.05, 0) is 13.1 Å². The molecular weight excluding hydrogens is 410 g/mol. The number of nitro benzene ring substituents is 1. The molecule has 1 fully saturated rings. The molecule has 0 atom stereocenters. The van der Waals surface area contributed by atoms with E-state index >= 15 is 0 Å². The Kier molecular flexibility index (Phi) is 7.29. The molecule has 0 saturated carbocycles. The summed E-state index contributed by atoms with van der Waals surface area (Å²) in [6.45, 7) is 3.39. The molecule has 1 aliphatic heterocycles. The van der Waals surface area contributed by atoms with E-state index in [1.165, 1.54) is 24.7 Å². The van der Waals surface area contributed by atoms with Crippen LogP contribution in [0.3, 0.4) is 0 Å². The molecule has 3 aromatic rings. The first-order valence-corrected chi connectivity index (χ1v) is 9.99. The van der Waals surface area contributed by atoms with Crippen molar-refractivity contribution in [1.29, 1.82) is 0 Å². The number of nitrogens with zero attached hydrogens (tertiary/aromatic N) is 5. The van der Waals surface area contributed by atoms with Crippen molar-refractivity contribution < 1.29 is 9.72 Å². The van der Waals surface area contributed by atoms with Crippen molar-refractivity contribution in [2.75, 3.05) is 49.6 Å². The number of piperazine rings is 1. The van der Waals surface area contributed by atoms with Gasteiger partial charge in [0.25, 0.3) is 5.69 Å². The van der Waals surface area contributed by atoms with Crippen LogP contribution in [-0.4, -0.2) is 58.8 Å². The minimum Gasteiger partial charge on any atom is -0.394 e. The minimum atomic E-state index is -0.463. The smallest absolute Gasteiger partial charge is 0.270 e. The summed E-state index contributed by atoms with van der Waals surface area (Å²) < 4.78 is 0. The number of aromatic nitrogens is 2. The summed E-state index contributed by atoms with van der Waals surface area (Å²) in [4.78, 5) is 35.1. The monoisotopic (exact) mass is 435 g/mol. The molecule has 0 radical (unpaired) electrons. The fourth-order valence-corrected chi connectivity index (χ4v) is 3.24. The van der Waals surface area contributed by atoms with Gasteiger partial charge in [0.1, 0.15) is 12.1 Å². The quantitative estimate of drug-likeness (QED) is 0.358. The number of nitro groups is 1. The van der Waals surface area contributed by atoms with Gasteiger partial charge in [0.2, 0.25) is 0 Å². The first-order valence-electron chi connectivity index (χ1n) is 9.99. The van der Waals surface area contributed by atoms with Crippen LogP contribution in [0.25, 0.3) is 0 Å². The van der Waals surface area contributed by atoms with Gasteiger partial charge in [0, 0.05) is 49.6 Å². The van der Waals surface area contributed by atoms with E-state index in [4.69, 9.17) is 11.5 Å². The van der Waals surface area contributed by atoms with Crippen LogP contribution in [-0.2, 0) is 0 Å². The third kappa shape index (κ3) is 5.55. The predicted octanol–water partition coefficient (Wildman–Crippen LogP) is 2.22. The first-order chi connectivity index (χ1) is 15.4. The number of benzene rings is 2. The van der Waals surface area contributed by atoms with Crippen LogP contribution in [0.2, 0.25) is 0 Å². The molecule has 0 unspecified atom stereocenters. The Hall–Kier alpha value is -4.05. The Balaban J connectivity index is 0.000000305. The number of likely N-dealkylation sites (N-methyl/N-ethyl adjacent to an activating group) is 1. The second-order valence-corrected chi connectivity index (χ2v) is 7.31. The standard InChI is InChI=1S/C18H19N3O3.C4H6N4/c1-19-9-11-20(12-10-19)17-8-7-15(21(23)24)13-16(17)18(22)14-5-3-2-4-6-14;5-3-1-7-2-8-4(3)6/h2-8,13H,9-12H2,1H3;1-2H,5H2,(H2,6,7,8). The molecule has 2 heterocycles. The van der Waals surface area contributed by atoms with Crippen LogP contribution in [0.4, 0.5) is 22.9 Å². The van der Waals surface area contributed by atoms with E-state index in [2.05, 4.69) is 26.8 Å². The molecule has 1 saturated heterocycles. The number of anilines is 3. The average molecular weight is 435 g/mol. The number of hydrogen-bond donors (Lipinski definition) is 2. The summed E-state index contributed by atoms with van der Waals surface area (Å²) in [5, 5.41) is 11.1. The molecule has 4 N–H and O–H groups in total. The zero-order valence-electron chi connectivity index (χ0n) is 17.7. The lowest BCUT2D eigenvalue weighted by Gasteiger charge is -2.35. The van der Waals surface area contributed by atoms with Crippen molar-refractivity contribution in [2.45, 2.75) is 0 Å². The highest BCUT2D eigenvalue weighted by Gasteiger charge is 2.23. The van der Waals surface area contributed by atoms with Gasteiger partial charge in [0.05, 0.1) is 22.4 Å². The lowest BCUT2D eigenvalue weighted by Crippen LogP contribution is -2.45. The van der Waals surface area contributed by atoms with Gasteiger partial charge in [-0.1, -0.05) is 30.3 Å². The molecule has 0 spiro atoms. The van der Waals surface area contributed by atoms with E-state index in [0.29, 0.717) is 22.6 Å². The van der Waals surface area contributed by atoms with Crippen molar-refractivity contribution in [1.82, 2.24) is 14.9 Å². The van der Waals surface area contributed by atoms with Crippen LogP contribution in [0.5, 0.6) is 0 Å². The maximum atomic E-state index is 12.9. The van der Waals surface area contributed by atoms with Crippen molar-refractivity contribution in [2.24, 2.45) is 0 Å². The highest BCUT2D eigenvalue weighted by molar-refractivity contribution is 6.12. The summed E-state index contributed by atoms with van der Waals surface area (Å²) in [7, 11) is 2.06. The third-order valence-electron chi connectivity index (χ3n) is 5.09. The molecule has 166 valence electrons. The van der Waals surface area contributed by atoms with Gasteiger partial charge >= 0.3 is 0 Å². The summed E-state index contributed by atoms with van der Waals surface area (Å²) >= 11 is 0. The highest BCUT2D eigenvalue weighted by Crippen LogP contribution is 2.28. The zero-order chi connectivity index (χ0) is 23.1. The van der Waals surface area contributed by atoms with Gasteiger partial charge in [-0.15, -0.1) is 0 Å². The van der Waals surface area contributed by atoms with Gasteiger partial charge < -0.3 is 21.3 Å². The lowest BCUT2D eigenvalue weighted by atomic mass is 10.00. The second kappa shape index (κ2) is 10.3. The van der Waals surface area contributed by atoms with Gasteiger partial charge in [-0.25, -0.2) is 9.97 Å². The molecule has 10 nitrogen and oxygen atoms in total. The van der Waals surface area contributed by atoms with Crippen LogP contribution < -0.4 is 16.4 Å². The number of nitrogen functional groups attached to an aromatic ring is 2. The first kappa shape index (κ1) is 22.6. The van der Waals surface area contributed by atoms with E-state index in [-0.39, 0.29) is 11.5 Å². The lowest BCUT2D eigenvalue weighted by molar-refractivity contribution is -0.384.